The molecule has 0 bridgehead atoms. The molecule has 96 valence electrons. The number of nitrogens with zero attached hydrogens (tertiary/aromatic N) is 1. The highest BCUT2D eigenvalue weighted by atomic mass is 127. The molecule has 1 nitrogen and oxygen atoms in total. The minimum Gasteiger partial charge on any atom is -0.148 e. The standard InChI is InChI=1S/C17H11INS/c18-15-13-8-4-5-9-14(13)17-19(10-11-20-17)16(15)12-6-2-1-3-7-12/h1-11H/q+1. The SMILES string of the molecule is Ic1c(-c2ccccc2)[n+]2ccsc2c2ccccc12. The van der Waals surface area contributed by atoms with Crippen LogP contribution in [0.4, 0.5) is 0 Å². The van der Waals surface area contributed by atoms with E-state index in [1.165, 1.54) is 30.4 Å². The minimum atomic E-state index is 1.26. The monoisotopic (exact) mass is 388 g/mol. The van der Waals surface area contributed by atoms with Gasteiger partial charge in [-0.2, -0.15) is 0 Å². The summed E-state index contributed by atoms with van der Waals surface area (Å²) < 4.78 is 3.62. The summed E-state index contributed by atoms with van der Waals surface area (Å²) in [6.45, 7) is 0. The van der Waals surface area contributed by atoms with Gasteiger partial charge in [0, 0.05) is 10.9 Å². The summed E-state index contributed by atoms with van der Waals surface area (Å²) in [5.74, 6) is 0. The lowest BCUT2D eigenvalue weighted by Gasteiger charge is -2.05. The molecule has 0 unspecified atom stereocenters. The molecule has 20 heavy (non-hydrogen) atoms. The van der Waals surface area contributed by atoms with Crippen LogP contribution >= 0.6 is 33.9 Å². The molecular formula is C17H11INS+. The lowest BCUT2D eigenvalue weighted by atomic mass is 10.1. The Hall–Kier alpha value is -1.46. The van der Waals surface area contributed by atoms with Gasteiger partial charge in [-0.15, -0.1) is 4.40 Å². The number of hydrogen-bond acceptors (Lipinski definition) is 1. The third kappa shape index (κ3) is 1.77. The lowest BCUT2D eigenvalue weighted by molar-refractivity contribution is -0.494. The van der Waals surface area contributed by atoms with Crippen molar-refractivity contribution in [3.63, 3.8) is 0 Å². The van der Waals surface area contributed by atoms with Gasteiger partial charge in [0.2, 0.25) is 5.69 Å². The third-order valence-electron chi connectivity index (χ3n) is 3.50. The van der Waals surface area contributed by atoms with Crippen molar-refractivity contribution in [1.29, 1.82) is 0 Å². The zero-order valence-corrected chi connectivity index (χ0v) is 13.6. The normalized spacial score (nSPS) is 11.2. The van der Waals surface area contributed by atoms with Crippen molar-refractivity contribution in [1.82, 2.24) is 0 Å². The zero-order chi connectivity index (χ0) is 13.5. The van der Waals surface area contributed by atoms with Crippen LogP contribution in [0.5, 0.6) is 0 Å². The Morgan fingerprint density at radius 3 is 2.35 bits per heavy atom. The molecule has 0 spiro atoms. The molecule has 2 aromatic carbocycles. The number of aromatic nitrogens is 1. The molecule has 0 N–H and O–H groups in total. The molecule has 0 atom stereocenters. The second kappa shape index (κ2) is 4.82. The van der Waals surface area contributed by atoms with Crippen LogP contribution in [0.1, 0.15) is 0 Å². The maximum atomic E-state index is 2.47. The van der Waals surface area contributed by atoms with Crippen molar-refractivity contribution in [2.75, 3.05) is 0 Å². The summed E-state index contributed by atoms with van der Waals surface area (Å²) in [6, 6.07) is 19.3. The zero-order valence-electron chi connectivity index (χ0n) is 10.6. The maximum absolute atomic E-state index is 2.47. The summed E-state index contributed by atoms with van der Waals surface area (Å²) in [5, 5.41) is 4.81. The van der Waals surface area contributed by atoms with E-state index in [2.05, 4.69) is 93.2 Å². The highest BCUT2D eigenvalue weighted by molar-refractivity contribution is 14.1. The van der Waals surface area contributed by atoms with Gasteiger partial charge in [0.25, 0.3) is 4.83 Å². The van der Waals surface area contributed by atoms with Crippen molar-refractivity contribution in [2.45, 2.75) is 0 Å². The van der Waals surface area contributed by atoms with E-state index in [1.54, 1.807) is 11.3 Å². The Balaban J connectivity index is 2.24. The fourth-order valence-electron chi connectivity index (χ4n) is 2.61. The summed E-state index contributed by atoms with van der Waals surface area (Å²) in [6.07, 6.45) is 2.16. The second-order valence-electron chi connectivity index (χ2n) is 4.65. The van der Waals surface area contributed by atoms with Crippen LogP contribution in [0, 0.1) is 3.57 Å². The smallest absolute Gasteiger partial charge is 0.148 e. The fraction of sp³-hybridized carbons (Fsp3) is 0. The van der Waals surface area contributed by atoms with Crippen LogP contribution < -0.4 is 4.40 Å². The number of benzene rings is 2. The van der Waals surface area contributed by atoms with Crippen molar-refractivity contribution in [2.24, 2.45) is 0 Å². The first-order valence-electron chi connectivity index (χ1n) is 6.41. The highest BCUT2D eigenvalue weighted by Crippen LogP contribution is 2.32. The molecule has 0 saturated heterocycles. The molecule has 2 heterocycles. The Kier molecular flexibility index (Phi) is 2.97. The predicted molar refractivity (Wildman–Crippen MR) is 93.1 cm³/mol. The number of pyridine rings is 1. The van der Waals surface area contributed by atoms with Crippen LogP contribution in [-0.4, -0.2) is 0 Å². The van der Waals surface area contributed by atoms with Crippen molar-refractivity contribution in [3.8, 4) is 11.3 Å². The first-order chi connectivity index (χ1) is 9.86. The summed E-state index contributed by atoms with van der Waals surface area (Å²) in [5.41, 5.74) is 2.54. The van der Waals surface area contributed by atoms with Gasteiger partial charge in [0.05, 0.1) is 14.3 Å². The topological polar surface area (TPSA) is 4.10 Å². The van der Waals surface area contributed by atoms with Crippen molar-refractivity contribution in [3.05, 3.63) is 69.7 Å². The quantitative estimate of drug-likeness (QED) is 0.322. The molecule has 0 radical (unpaired) electrons. The van der Waals surface area contributed by atoms with E-state index >= 15 is 0 Å². The van der Waals surface area contributed by atoms with Gasteiger partial charge in [-0.05, 0) is 40.8 Å². The molecule has 0 aliphatic heterocycles. The van der Waals surface area contributed by atoms with Gasteiger partial charge in [0.15, 0.2) is 6.20 Å². The van der Waals surface area contributed by atoms with Crippen molar-refractivity contribution < 1.29 is 4.40 Å². The molecule has 0 aliphatic carbocycles. The van der Waals surface area contributed by atoms with E-state index < -0.39 is 0 Å². The molecule has 0 amide bonds. The average molecular weight is 388 g/mol. The van der Waals surface area contributed by atoms with E-state index in [4.69, 9.17) is 0 Å². The highest BCUT2D eigenvalue weighted by Gasteiger charge is 2.22. The molecule has 0 fully saturated rings. The summed E-state index contributed by atoms with van der Waals surface area (Å²) in [4.78, 5) is 1.31. The van der Waals surface area contributed by atoms with Gasteiger partial charge in [-0.25, -0.2) is 0 Å². The molecule has 4 aromatic rings. The fourth-order valence-corrected chi connectivity index (χ4v) is 4.53. The van der Waals surface area contributed by atoms with Crippen LogP contribution in [0.25, 0.3) is 26.9 Å². The van der Waals surface area contributed by atoms with Crippen molar-refractivity contribution >= 4 is 49.5 Å². The molecule has 2 aromatic heterocycles. The molecule has 0 saturated carbocycles. The largest absolute Gasteiger partial charge is 0.275 e. The third-order valence-corrected chi connectivity index (χ3v) is 5.49. The summed E-state index contributed by atoms with van der Waals surface area (Å²) in [7, 11) is 0. The number of fused-ring (bicyclic) bond motifs is 3. The Morgan fingerprint density at radius 2 is 1.55 bits per heavy atom. The first kappa shape index (κ1) is 12.3. The number of halogens is 1. The molecule has 3 heteroatoms. The van der Waals surface area contributed by atoms with E-state index in [1.807, 2.05) is 0 Å². The lowest BCUT2D eigenvalue weighted by Crippen LogP contribution is -2.23. The van der Waals surface area contributed by atoms with Gasteiger partial charge in [0.1, 0.15) is 0 Å². The van der Waals surface area contributed by atoms with E-state index in [0.29, 0.717) is 0 Å². The molecule has 4 rings (SSSR count). The van der Waals surface area contributed by atoms with Gasteiger partial charge >= 0.3 is 0 Å². The number of hydrogen-bond donors (Lipinski definition) is 0. The van der Waals surface area contributed by atoms with E-state index in [9.17, 15) is 0 Å². The van der Waals surface area contributed by atoms with Gasteiger partial charge < -0.3 is 0 Å². The first-order valence-corrected chi connectivity index (χ1v) is 8.36. The average Bonchev–Trinajstić information content (AvgIpc) is 2.98. The minimum absolute atomic E-state index is 1.26. The Labute approximate surface area is 134 Å². The second-order valence-corrected chi connectivity index (χ2v) is 6.63. The Morgan fingerprint density at radius 1 is 0.850 bits per heavy atom. The molecular weight excluding hydrogens is 377 g/mol. The maximum Gasteiger partial charge on any atom is 0.275 e. The number of rotatable bonds is 1. The predicted octanol–water partition coefficient (Wildman–Crippen LogP) is 4.91. The van der Waals surface area contributed by atoms with Crippen LogP contribution in [0.15, 0.2) is 66.2 Å². The summed E-state index contributed by atoms with van der Waals surface area (Å²) >= 11 is 4.27. The van der Waals surface area contributed by atoms with Crippen LogP contribution in [0.3, 0.4) is 0 Å². The van der Waals surface area contributed by atoms with Gasteiger partial charge in [-0.1, -0.05) is 47.7 Å². The Bertz CT molecular complexity index is 912. The van der Waals surface area contributed by atoms with E-state index in [-0.39, 0.29) is 0 Å². The number of thiazole rings is 1. The molecule has 0 aliphatic rings. The van der Waals surface area contributed by atoms with Crippen LogP contribution in [-0.2, 0) is 0 Å². The van der Waals surface area contributed by atoms with Gasteiger partial charge in [-0.3, -0.25) is 0 Å². The van der Waals surface area contributed by atoms with Crippen LogP contribution in [0.2, 0.25) is 0 Å². The van der Waals surface area contributed by atoms with E-state index in [0.717, 1.165) is 0 Å².